The fourth-order valence-corrected chi connectivity index (χ4v) is 4.08. The van der Waals surface area contributed by atoms with Crippen LogP contribution in [0.25, 0.3) is 6.08 Å². The minimum absolute atomic E-state index is 0.181. The van der Waals surface area contributed by atoms with Crippen molar-refractivity contribution in [1.29, 1.82) is 0 Å². The van der Waals surface area contributed by atoms with Gasteiger partial charge in [-0.05, 0) is 77.5 Å². The summed E-state index contributed by atoms with van der Waals surface area (Å²) < 4.78 is 11.3. The van der Waals surface area contributed by atoms with Crippen molar-refractivity contribution in [2.24, 2.45) is 4.99 Å². The second-order valence-corrected chi connectivity index (χ2v) is 8.63. The Balaban J connectivity index is 1.47. The van der Waals surface area contributed by atoms with Gasteiger partial charge in [0.05, 0.1) is 23.3 Å². The van der Waals surface area contributed by atoms with Crippen LogP contribution >= 0.6 is 23.4 Å². The third kappa shape index (κ3) is 5.78. The number of aliphatic imine (C=N–C) groups is 1. The topological polar surface area (TPSA) is 97.2 Å². The lowest BCUT2D eigenvalue weighted by atomic mass is 10.1. The molecule has 3 aromatic rings. The number of amides is 1. The van der Waals surface area contributed by atoms with E-state index in [1.54, 1.807) is 66.7 Å². The van der Waals surface area contributed by atoms with Gasteiger partial charge in [-0.25, -0.2) is 9.79 Å². The Bertz CT molecular complexity index is 1300. The molecule has 4 rings (SSSR count). The normalized spacial score (nSPS) is 15.4. The molecule has 1 amide bonds. The van der Waals surface area contributed by atoms with Gasteiger partial charge < -0.3 is 19.9 Å². The number of methoxy groups -OCH3 is 1. The summed E-state index contributed by atoms with van der Waals surface area (Å²) >= 11 is 7.14. The molecule has 0 bridgehead atoms. The number of thioether (sulfide) groups is 1. The number of carboxylic acids is 1. The fraction of sp³-hybridized carbons (Fsp3) is 0.0800. The number of ether oxygens (including phenoxy) is 2. The van der Waals surface area contributed by atoms with E-state index in [1.165, 1.54) is 24.9 Å². The van der Waals surface area contributed by atoms with Crippen molar-refractivity contribution in [3.8, 4) is 11.5 Å². The van der Waals surface area contributed by atoms with E-state index >= 15 is 0 Å². The minimum atomic E-state index is -0.994. The molecule has 0 spiro atoms. The molecule has 0 atom stereocenters. The van der Waals surface area contributed by atoms with Crippen LogP contribution in [0.5, 0.6) is 11.5 Å². The molecule has 1 aliphatic heterocycles. The summed E-state index contributed by atoms with van der Waals surface area (Å²) in [5, 5.41) is 13.0. The molecular formula is C25H19ClN2O5S. The number of halogens is 1. The van der Waals surface area contributed by atoms with Crippen LogP contribution in [0, 0.1) is 0 Å². The SMILES string of the molecule is COc1cc(/C=C2\SC(=Nc3ccc(Cl)cc3)NC2=O)ccc1OCc1cccc(C(=O)O)c1. The number of nitrogens with one attached hydrogen (secondary N) is 1. The number of rotatable bonds is 7. The molecule has 0 saturated carbocycles. The lowest BCUT2D eigenvalue weighted by Crippen LogP contribution is -2.19. The van der Waals surface area contributed by atoms with Gasteiger partial charge in [-0.15, -0.1) is 0 Å². The van der Waals surface area contributed by atoms with E-state index in [4.69, 9.17) is 26.2 Å². The molecular weight excluding hydrogens is 476 g/mol. The van der Waals surface area contributed by atoms with Crippen LogP contribution in [0.1, 0.15) is 21.5 Å². The van der Waals surface area contributed by atoms with Gasteiger partial charge >= 0.3 is 5.97 Å². The molecule has 0 aliphatic carbocycles. The smallest absolute Gasteiger partial charge is 0.335 e. The van der Waals surface area contributed by atoms with Gasteiger partial charge in [0.2, 0.25) is 0 Å². The van der Waals surface area contributed by atoms with E-state index in [2.05, 4.69) is 10.3 Å². The van der Waals surface area contributed by atoms with Crippen molar-refractivity contribution in [2.75, 3.05) is 7.11 Å². The number of nitrogens with zero attached hydrogens (tertiary/aromatic N) is 1. The van der Waals surface area contributed by atoms with Crippen molar-refractivity contribution >= 4 is 52.2 Å². The van der Waals surface area contributed by atoms with E-state index in [0.29, 0.717) is 32.3 Å². The highest BCUT2D eigenvalue weighted by Crippen LogP contribution is 2.33. The number of hydrogen-bond acceptors (Lipinski definition) is 6. The lowest BCUT2D eigenvalue weighted by molar-refractivity contribution is -0.115. The molecule has 9 heteroatoms. The Morgan fingerprint density at radius 2 is 1.91 bits per heavy atom. The van der Waals surface area contributed by atoms with Crippen LogP contribution in [-0.4, -0.2) is 29.3 Å². The second kappa shape index (κ2) is 10.5. The number of hydrogen-bond donors (Lipinski definition) is 2. The first-order valence-electron chi connectivity index (χ1n) is 10.1. The highest BCUT2D eigenvalue weighted by atomic mass is 35.5. The monoisotopic (exact) mass is 494 g/mol. The largest absolute Gasteiger partial charge is 0.493 e. The maximum Gasteiger partial charge on any atom is 0.335 e. The Hall–Kier alpha value is -3.75. The molecule has 0 aromatic heterocycles. The highest BCUT2D eigenvalue weighted by molar-refractivity contribution is 8.18. The quantitative estimate of drug-likeness (QED) is 0.420. The van der Waals surface area contributed by atoms with Crippen molar-refractivity contribution in [3.63, 3.8) is 0 Å². The Labute approximate surface area is 205 Å². The zero-order valence-electron chi connectivity index (χ0n) is 17.9. The Morgan fingerprint density at radius 1 is 1.12 bits per heavy atom. The minimum Gasteiger partial charge on any atom is -0.493 e. The zero-order chi connectivity index (χ0) is 24.1. The zero-order valence-corrected chi connectivity index (χ0v) is 19.5. The van der Waals surface area contributed by atoms with Gasteiger partial charge in [0.1, 0.15) is 6.61 Å². The van der Waals surface area contributed by atoms with Crippen LogP contribution < -0.4 is 14.8 Å². The van der Waals surface area contributed by atoms with Gasteiger partial charge in [0.25, 0.3) is 5.91 Å². The first-order valence-corrected chi connectivity index (χ1v) is 11.3. The highest BCUT2D eigenvalue weighted by Gasteiger charge is 2.24. The third-order valence-corrected chi connectivity index (χ3v) is 5.92. The molecule has 1 fully saturated rings. The van der Waals surface area contributed by atoms with Gasteiger partial charge in [0, 0.05) is 5.02 Å². The third-order valence-electron chi connectivity index (χ3n) is 4.76. The summed E-state index contributed by atoms with van der Waals surface area (Å²) in [5.74, 6) is -0.247. The van der Waals surface area contributed by atoms with Gasteiger partial charge in [-0.1, -0.05) is 29.8 Å². The molecule has 34 heavy (non-hydrogen) atoms. The molecule has 1 aliphatic rings. The predicted molar refractivity (Wildman–Crippen MR) is 133 cm³/mol. The van der Waals surface area contributed by atoms with E-state index in [0.717, 1.165) is 11.1 Å². The molecule has 2 N–H and O–H groups in total. The number of aromatic carboxylic acids is 1. The van der Waals surface area contributed by atoms with Crippen molar-refractivity contribution < 1.29 is 24.2 Å². The van der Waals surface area contributed by atoms with Crippen LogP contribution in [0.4, 0.5) is 5.69 Å². The summed E-state index contributed by atoms with van der Waals surface area (Å²) in [6, 6.07) is 18.9. The van der Waals surface area contributed by atoms with Crippen molar-refractivity contribution in [3.05, 3.63) is 93.3 Å². The van der Waals surface area contributed by atoms with Crippen LogP contribution in [0.15, 0.2) is 76.6 Å². The molecule has 3 aromatic carbocycles. The number of carbonyl (C=O) groups excluding carboxylic acids is 1. The van der Waals surface area contributed by atoms with Crippen LogP contribution in [0.2, 0.25) is 5.02 Å². The van der Waals surface area contributed by atoms with E-state index in [1.807, 2.05) is 0 Å². The number of benzene rings is 3. The van der Waals surface area contributed by atoms with Crippen LogP contribution in [0.3, 0.4) is 0 Å². The first-order chi connectivity index (χ1) is 16.4. The molecule has 172 valence electrons. The number of amidine groups is 1. The molecule has 0 unspecified atom stereocenters. The van der Waals surface area contributed by atoms with E-state index in [9.17, 15) is 9.59 Å². The van der Waals surface area contributed by atoms with Crippen LogP contribution in [-0.2, 0) is 11.4 Å². The fourth-order valence-electron chi connectivity index (χ4n) is 3.11. The summed E-state index contributed by atoms with van der Waals surface area (Å²) in [7, 11) is 1.53. The summed E-state index contributed by atoms with van der Waals surface area (Å²) in [6.07, 6.45) is 1.74. The molecule has 1 saturated heterocycles. The molecule has 7 nitrogen and oxygen atoms in total. The summed E-state index contributed by atoms with van der Waals surface area (Å²) in [4.78, 5) is 28.5. The first kappa shape index (κ1) is 23.4. The average Bonchev–Trinajstić information content (AvgIpc) is 3.18. The predicted octanol–water partition coefficient (Wildman–Crippen LogP) is 5.52. The number of carbonyl (C=O) groups is 2. The lowest BCUT2D eigenvalue weighted by Gasteiger charge is -2.12. The van der Waals surface area contributed by atoms with Gasteiger partial charge in [-0.2, -0.15) is 0 Å². The number of carboxylic acid groups (broad SMARTS) is 1. The average molecular weight is 495 g/mol. The maximum atomic E-state index is 12.4. The van der Waals surface area contributed by atoms with Crippen molar-refractivity contribution in [2.45, 2.75) is 6.61 Å². The van der Waals surface area contributed by atoms with Gasteiger partial charge in [-0.3, -0.25) is 4.79 Å². The Kier molecular flexibility index (Phi) is 7.20. The van der Waals surface area contributed by atoms with E-state index < -0.39 is 5.97 Å². The standard InChI is InChI=1S/C25H19ClN2O5S/c1-32-21-12-15(5-10-20(21)33-14-16-3-2-4-17(11-16)24(30)31)13-22-23(29)28-25(34-22)27-19-8-6-18(26)7-9-19/h2-13H,14H2,1H3,(H,30,31)(H,27,28,29)/b22-13-. The Morgan fingerprint density at radius 3 is 2.65 bits per heavy atom. The second-order valence-electron chi connectivity index (χ2n) is 7.16. The summed E-state index contributed by atoms with van der Waals surface area (Å²) in [6.45, 7) is 0.181. The van der Waals surface area contributed by atoms with Gasteiger partial charge in [0.15, 0.2) is 16.7 Å². The van der Waals surface area contributed by atoms with E-state index in [-0.39, 0.29) is 18.1 Å². The molecule has 0 radical (unpaired) electrons. The van der Waals surface area contributed by atoms with Crippen molar-refractivity contribution in [1.82, 2.24) is 5.32 Å². The maximum absolute atomic E-state index is 12.4. The summed E-state index contributed by atoms with van der Waals surface area (Å²) in [5.41, 5.74) is 2.36. The molecule has 1 heterocycles.